The van der Waals surface area contributed by atoms with Gasteiger partial charge in [0.05, 0.1) is 30.7 Å². The summed E-state index contributed by atoms with van der Waals surface area (Å²) in [7, 11) is 0. The molecule has 0 spiro atoms. The van der Waals surface area contributed by atoms with E-state index in [1.165, 1.54) is 0 Å². The lowest BCUT2D eigenvalue weighted by molar-refractivity contribution is -0.137. The first-order valence-electron chi connectivity index (χ1n) is 7.09. The number of anilines is 1. The second-order valence-electron chi connectivity index (χ2n) is 5.36. The van der Waals surface area contributed by atoms with E-state index in [1.807, 2.05) is 24.3 Å². The largest absolute Gasteiger partial charge is 0.378 e. The van der Waals surface area contributed by atoms with Crippen molar-refractivity contribution in [1.29, 1.82) is 0 Å². The molecule has 21 heavy (non-hydrogen) atoms. The summed E-state index contributed by atoms with van der Waals surface area (Å²) in [4.78, 5) is 26.3. The second kappa shape index (κ2) is 6.15. The second-order valence-corrected chi connectivity index (χ2v) is 6.21. The van der Waals surface area contributed by atoms with E-state index in [1.54, 1.807) is 4.90 Å². The van der Waals surface area contributed by atoms with Gasteiger partial charge in [0.2, 0.25) is 11.8 Å². The summed E-state index contributed by atoms with van der Waals surface area (Å²) in [5.41, 5.74) is 0.743. The Morgan fingerprint density at radius 3 is 2.62 bits per heavy atom. The average Bonchev–Trinajstić information content (AvgIpc) is 3.30. The number of halogens is 1. The van der Waals surface area contributed by atoms with Crippen LogP contribution in [0.3, 0.4) is 0 Å². The van der Waals surface area contributed by atoms with Crippen LogP contribution in [0.15, 0.2) is 28.7 Å². The molecule has 2 unspecified atom stereocenters. The van der Waals surface area contributed by atoms with Crippen LogP contribution < -0.4 is 5.32 Å². The molecule has 1 aliphatic carbocycles. The van der Waals surface area contributed by atoms with Gasteiger partial charge in [0, 0.05) is 17.6 Å². The van der Waals surface area contributed by atoms with Gasteiger partial charge in [-0.25, -0.2) is 0 Å². The van der Waals surface area contributed by atoms with Crippen LogP contribution >= 0.6 is 15.9 Å². The lowest BCUT2D eigenvalue weighted by atomic mass is 10.2. The zero-order chi connectivity index (χ0) is 14.8. The van der Waals surface area contributed by atoms with Gasteiger partial charge in [-0.1, -0.05) is 12.1 Å². The van der Waals surface area contributed by atoms with Crippen molar-refractivity contribution in [3.63, 3.8) is 0 Å². The molecule has 1 aromatic rings. The molecule has 0 bridgehead atoms. The Bertz CT molecular complexity index is 558. The summed E-state index contributed by atoms with van der Waals surface area (Å²) >= 11 is 3.40. The lowest BCUT2D eigenvalue weighted by Gasteiger charge is -2.27. The van der Waals surface area contributed by atoms with Gasteiger partial charge in [0.15, 0.2) is 0 Å². The van der Waals surface area contributed by atoms with Gasteiger partial charge in [0.25, 0.3) is 0 Å². The fourth-order valence-electron chi connectivity index (χ4n) is 2.56. The van der Waals surface area contributed by atoms with E-state index in [0.29, 0.717) is 32.7 Å². The predicted molar refractivity (Wildman–Crippen MR) is 81.8 cm³/mol. The van der Waals surface area contributed by atoms with E-state index in [-0.39, 0.29) is 23.7 Å². The fourth-order valence-corrected chi connectivity index (χ4v) is 2.95. The van der Waals surface area contributed by atoms with Crippen LogP contribution in [0.25, 0.3) is 0 Å². The Morgan fingerprint density at radius 1 is 1.19 bits per heavy atom. The highest BCUT2D eigenvalue weighted by Crippen LogP contribution is 2.41. The first-order chi connectivity index (χ1) is 10.2. The number of para-hydroxylation sites is 1. The lowest BCUT2D eigenvalue weighted by Crippen LogP contribution is -2.42. The third kappa shape index (κ3) is 3.27. The van der Waals surface area contributed by atoms with Crippen molar-refractivity contribution in [3.8, 4) is 0 Å². The Kier molecular flexibility index (Phi) is 4.26. The van der Waals surface area contributed by atoms with Crippen molar-refractivity contribution >= 4 is 33.4 Å². The number of carbonyl (C=O) groups is 2. The van der Waals surface area contributed by atoms with Gasteiger partial charge >= 0.3 is 0 Å². The van der Waals surface area contributed by atoms with Crippen LogP contribution in [-0.4, -0.2) is 43.0 Å². The van der Waals surface area contributed by atoms with E-state index in [2.05, 4.69) is 21.2 Å². The number of ether oxygens (including phenoxy) is 1. The van der Waals surface area contributed by atoms with Gasteiger partial charge in [-0.2, -0.15) is 0 Å². The Labute approximate surface area is 131 Å². The Hall–Kier alpha value is -1.40. The normalized spacial score (nSPS) is 24.5. The molecule has 0 aromatic heterocycles. The summed E-state index contributed by atoms with van der Waals surface area (Å²) in [6.45, 7) is 2.44. The molecule has 1 aromatic carbocycles. The van der Waals surface area contributed by atoms with Crippen LogP contribution in [0.5, 0.6) is 0 Å². The maximum atomic E-state index is 12.3. The summed E-state index contributed by atoms with van der Waals surface area (Å²) < 4.78 is 6.08. The van der Waals surface area contributed by atoms with Gasteiger partial charge in [-0.3, -0.25) is 9.59 Å². The molecule has 3 rings (SSSR count). The summed E-state index contributed by atoms with van der Waals surface area (Å²) in [6.07, 6.45) is 0.645. The minimum atomic E-state index is -0.201. The maximum absolute atomic E-state index is 12.3. The zero-order valence-corrected chi connectivity index (χ0v) is 13.1. The first-order valence-corrected chi connectivity index (χ1v) is 7.88. The molecule has 1 saturated heterocycles. The summed E-state index contributed by atoms with van der Waals surface area (Å²) in [5.74, 6) is -0.350. The summed E-state index contributed by atoms with van der Waals surface area (Å²) in [6, 6.07) is 7.47. The number of morpholine rings is 1. The molecule has 0 radical (unpaired) electrons. The third-order valence-electron chi connectivity index (χ3n) is 3.90. The monoisotopic (exact) mass is 352 g/mol. The average molecular weight is 353 g/mol. The fraction of sp³-hybridized carbons (Fsp3) is 0.467. The number of hydrogen-bond donors (Lipinski definition) is 1. The van der Waals surface area contributed by atoms with Gasteiger partial charge in [-0.15, -0.1) is 0 Å². The van der Waals surface area contributed by atoms with Crippen LogP contribution in [0, 0.1) is 11.8 Å². The quantitative estimate of drug-likeness (QED) is 0.903. The third-order valence-corrected chi connectivity index (χ3v) is 4.59. The minimum Gasteiger partial charge on any atom is -0.378 e. The van der Waals surface area contributed by atoms with Crippen molar-refractivity contribution < 1.29 is 14.3 Å². The van der Waals surface area contributed by atoms with Crippen molar-refractivity contribution in [3.05, 3.63) is 28.7 Å². The van der Waals surface area contributed by atoms with Crippen LogP contribution in [0.1, 0.15) is 6.42 Å². The van der Waals surface area contributed by atoms with E-state index in [0.717, 1.165) is 10.2 Å². The first kappa shape index (κ1) is 14.5. The Morgan fingerprint density at radius 2 is 1.90 bits per heavy atom. The number of nitrogens with zero attached hydrogens (tertiary/aromatic N) is 1. The minimum absolute atomic E-state index is 0.0755. The smallest absolute Gasteiger partial charge is 0.228 e. The zero-order valence-electron chi connectivity index (χ0n) is 11.5. The number of rotatable bonds is 3. The van der Waals surface area contributed by atoms with Crippen LogP contribution in [-0.2, 0) is 14.3 Å². The van der Waals surface area contributed by atoms with Crippen molar-refractivity contribution in [1.82, 2.24) is 4.90 Å². The van der Waals surface area contributed by atoms with E-state index in [9.17, 15) is 9.59 Å². The molecule has 1 aliphatic heterocycles. The highest BCUT2D eigenvalue weighted by molar-refractivity contribution is 9.10. The SMILES string of the molecule is O=C(Nc1ccccc1Br)C1CC1C(=O)N1CCOCC1. The highest BCUT2D eigenvalue weighted by Gasteiger charge is 2.49. The Balaban J connectivity index is 1.56. The number of benzene rings is 1. The predicted octanol–water partition coefficient (Wildman–Crippen LogP) is 1.88. The number of carbonyl (C=O) groups excluding carboxylic acids is 2. The maximum Gasteiger partial charge on any atom is 0.228 e. The molecule has 2 fully saturated rings. The molecule has 1 heterocycles. The van der Waals surface area contributed by atoms with Crippen molar-refractivity contribution in [2.75, 3.05) is 31.6 Å². The molecule has 2 amide bonds. The molecule has 1 saturated carbocycles. The number of nitrogens with one attached hydrogen (secondary N) is 1. The standard InChI is InChI=1S/C15H17BrN2O3/c16-12-3-1-2-4-13(12)17-14(19)10-9-11(10)15(20)18-5-7-21-8-6-18/h1-4,10-11H,5-9H2,(H,17,19). The van der Waals surface area contributed by atoms with Gasteiger partial charge < -0.3 is 15.0 Å². The van der Waals surface area contributed by atoms with Gasteiger partial charge in [-0.05, 0) is 34.5 Å². The number of amides is 2. The van der Waals surface area contributed by atoms with Crippen molar-refractivity contribution in [2.45, 2.75) is 6.42 Å². The van der Waals surface area contributed by atoms with Gasteiger partial charge in [0.1, 0.15) is 0 Å². The molecule has 5 nitrogen and oxygen atoms in total. The topological polar surface area (TPSA) is 58.6 Å². The van der Waals surface area contributed by atoms with E-state index in [4.69, 9.17) is 4.74 Å². The molecule has 1 N–H and O–H groups in total. The highest BCUT2D eigenvalue weighted by atomic mass is 79.9. The summed E-state index contributed by atoms with van der Waals surface area (Å²) in [5, 5.41) is 2.88. The van der Waals surface area contributed by atoms with E-state index < -0.39 is 0 Å². The molecule has 2 aliphatic rings. The molecule has 2 atom stereocenters. The van der Waals surface area contributed by atoms with E-state index >= 15 is 0 Å². The molecule has 112 valence electrons. The molecular weight excluding hydrogens is 336 g/mol. The van der Waals surface area contributed by atoms with Crippen molar-refractivity contribution in [2.24, 2.45) is 11.8 Å². The van der Waals surface area contributed by atoms with Crippen LogP contribution in [0.2, 0.25) is 0 Å². The number of hydrogen-bond acceptors (Lipinski definition) is 3. The molecule has 6 heteroatoms. The van der Waals surface area contributed by atoms with Crippen LogP contribution in [0.4, 0.5) is 5.69 Å². The molecular formula is C15H17BrN2O3.